The Morgan fingerprint density at radius 1 is 1.62 bits per heavy atom. The van der Waals surface area contributed by atoms with Crippen molar-refractivity contribution in [3.05, 3.63) is 0 Å². The Labute approximate surface area is 80.3 Å². The van der Waals surface area contributed by atoms with Crippen LogP contribution in [0.2, 0.25) is 0 Å². The third-order valence-electron chi connectivity index (χ3n) is 2.45. The molecule has 0 aliphatic carbocycles. The van der Waals surface area contributed by atoms with Crippen LogP contribution in [0.25, 0.3) is 0 Å². The summed E-state index contributed by atoms with van der Waals surface area (Å²) in [6.45, 7) is 4.00. The van der Waals surface area contributed by atoms with Gasteiger partial charge in [0, 0.05) is 19.0 Å². The van der Waals surface area contributed by atoms with Gasteiger partial charge >= 0.3 is 0 Å². The summed E-state index contributed by atoms with van der Waals surface area (Å²) in [6.07, 6.45) is 5.23. The van der Waals surface area contributed by atoms with Gasteiger partial charge in [-0.15, -0.1) is 0 Å². The van der Waals surface area contributed by atoms with Crippen molar-refractivity contribution in [1.29, 1.82) is 0 Å². The number of carbonyl (C=O) groups is 1. The van der Waals surface area contributed by atoms with E-state index in [0.717, 1.165) is 25.9 Å². The fraction of sp³-hybridized carbons (Fsp3) is 0.900. The summed E-state index contributed by atoms with van der Waals surface area (Å²) in [5, 5.41) is 6.34. The summed E-state index contributed by atoms with van der Waals surface area (Å²) < 4.78 is 0. The van der Waals surface area contributed by atoms with Crippen molar-refractivity contribution in [1.82, 2.24) is 10.6 Å². The van der Waals surface area contributed by atoms with Gasteiger partial charge in [-0.2, -0.15) is 0 Å². The van der Waals surface area contributed by atoms with Gasteiger partial charge in [0.2, 0.25) is 5.91 Å². The number of nitrogens with one attached hydrogen (secondary N) is 2. The normalized spacial score (nSPS) is 21.8. The van der Waals surface area contributed by atoms with Crippen LogP contribution >= 0.6 is 0 Å². The third-order valence-corrected chi connectivity index (χ3v) is 2.45. The average molecular weight is 184 g/mol. The van der Waals surface area contributed by atoms with E-state index in [2.05, 4.69) is 10.6 Å². The van der Waals surface area contributed by atoms with Crippen molar-refractivity contribution < 1.29 is 4.79 Å². The van der Waals surface area contributed by atoms with Crippen LogP contribution in [0, 0.1) is 0 Å². The first-order valence-corrected chi connectivity index (χ1v) is 5.33. The van der Waals surface area contributed by atoms with Gasteiger partial charge in [0.05, 0.1) is 0 Å². The number of rotatable bonds is 5. The Bertz CT molecular complexity index is 153. The van der Waals surface area contributed by atoms with E-state index in [4.69, 9.17) is 0 Å². The lowest BCUT2D eigenvalue weighted by Crippen LogP contribution is -2.30. The second kappa shape index (κ2) is 5.97. The van der Waals surface area contributed by atoms with Crippen molar-refractivity contribution in [3.63, 3.8) is 0 Å². The van der Waals surface area contributed by atoms with Crippen molar-refractivity contribution in [2.45, 2.75) is 45.1 Å². The first-order chi connectivity index (χ1) is 6.33. The molecule has 0 unspecified atom stereocenters. The molecule has 0 aromatic heterocycles. The smallest absolute Gasteiger partial charge is 0.219 e. The summed E-state index contributed by atoms with van der Waals surface area (Å²) in [7, 11) is 0. The molecule has 1 aliphatic rings. The molecule has 0 radical (unpaired) electrons. The zero-order valence-corrected chi connectivity index (χ0v) is 8.44. The van der Waals surface area contributed by atoms with E-state index in [-0.39, 0.29) is 5.91 Å². The molecule has 3 heteroatoms. The van der Waals surface area contributed by atoms with E-state index in [1.54, 1.807) is 0 Å². The molecule has 0 spiro atoms. The highest BCUT2D eigenvalue weighted by Crippen LogP contribution is 2.07. The van der Waals surface area contributed by atoms with Crippen LogP contribution in [0.3, 0.4) is 0 Å². The summed E-state index contributed by atoms with van der Waals surface area (Å²) >= 11 is 0. The molecule has 13 heavy (non-hydrogen) atoms. The largest absolute Gasteiger partial charge is 0.356 e. The maximum Gasteiger partial charge on any atom is 0.219 e. The molecular weight excluding hydrogens is 164 g/mol. The van der Waals surface area contributed by atoms with E-state index in [0.29, 0.717) is 12.5 Å². The van der Waals surface area contributed by atoms with Gasteiger partial charge in [0.15, 0.2) is 0 Å². The highest BCUT2D eigenvalue weighted by molar-refractivity contribution is 5.75. The molecule has 1 rings (SSSR count). The zero-order chi connectivity index (χ0) is 9.52. The van der Waals surface area contributed by atoms with E-state index < -0.39 is 0 Å². The van der Waals surface area contributed by atoms with Crippen molar-refractivity contribution >= 4 is 5.91 Å². The number of carbonyl (C=O) groups excluding carboxylic acids is 1. The molecule has 0 saturated carbocycles. The van der Waals surface area contributed by atoms with Crippen LogP contribution < -0.4 is 10.6 Å². The standard InChI is InChI=1S/C10H20N2O/c1-2-4-10(13)12-8-6-9-5-3-7-11-9/h9,11H,2-8H2,1H3,(H,12,13)/t9-/m1/s1. The Morgan fingerprint density at radius 2 is 2.46 bits per heavy atom. The summed E-state index contributed by atoms with van der Waals surface area (Å²) in [4.78, 5) is 11.1. The minimum absolute atomic E-state index is 0.195. The molecular formula is C10H20N2O. The second-order valence-corrected chi connectivity index (χ2v) is 3.68. The molecule has 0 bridgehead atoms. The molecule has 1 fully saturated rings. The predicted molar refractivity (Wildman–Crippen MR) is 53.6 cm³/mol. The first kappa shape index (κ1) is 10.5. The van der Waals surface area contributed by atoms with Crippen LogP contribution in [0.5, 0.6) is 0 Å². The van der Waals surface area contributed by atoms with Gasteiger partial charge in [0.1, 0.15) is 0 Å². The highest BCUT2D eigenvalue weighted by atomic mass is 16.1. The molecule has 1 heterocycles. The van der Waals surface area contributed by atoms with Gasteiger partial charge in [-0.05, 0) is 32.2 Å². The molecule has 1 aliphatic heterocycles. The number of amides is 1. The lowest BCUT2D eigenvalue weighted by Gasteiger charge is -2.10. The first-order valence-electron chi connectivity index (χ1n) is 5.33. The van der Waals surface area contributed by atoms with Gasteiger partial charge in [-0.25, -0.2) is 0 Å². The molecule has 1 atom stereocenters. The highest BCUT2D eigenvalue weighted by Gasteiger charge is 2.13. The van der Waals surface area contributed by atoms with Crippen molar-refractivity contribution in [2.24, 2.45) is 0 Å². The molecule has 1 saturated heterocycles. The minimum Gasteiger partial charge on any atom is -0.356 e. The van der Waals surface area contributed by atoms with E-state index >= 15 is 0 Å². The predicted octanol–water partition coefficient (Wildman–Crippen LogP) is 1.04. The van der Waals surface area contributed by atoms with Crippen LogP contribution in [-0.2, 0) is 4.79 Å². The van der Waals surface area contributed by atoms with E-state index in [1.165, 1.54) is 12.8 Å². The molecule has 0 aromatic rings. The molecule has 0 aromatic carbocycles. The fourth-order valence-corrected chi connectivity index (χ4v) is 1.70. The van der Waals surface area contributed by atoms with Gasteiger partial charge < -0.3 is 10.6 Å². The lowest BCUT2D eigenvalue weighted by molar-refractivity contribution is -0.121. The van der Waals surface area contributed by atoms with Crippen LogP contribution in [0.15, 0.2) is 0 Å². The second-order valence-electron chi connectivity index (χ2n) is 3.68. The topological polar surface area (TPSA) is 41.1 Å². The Hall–Kier alpha value is -0.570. The number of hydrogen-bond acceptors (Lipinski definition) is 2. The van der Waals surface area contributed by atoms with Crippen molar-refractivity contribution in [2.75, 3.05) is 13.1 Å². The molecule has 2 N–H and O–H groups in total. The van der Waals surface area contributed by atoms with Crippen molar-refractivity contribution in [3.8, 4) is 0 Å². The van der Waals surface area contributed by atoms with Gasteiger partial charge in [-0.1, -0.05) is 6.92 Å². The molecule has 3 nitrogen and oxygen atoms in total. The molecule has 1 amide bonds. The zero-order valence-electron chi connectivity index (χ0n) is 8.44. The summed E-state index contributed by atoms with van der Waals surface area (Å²) in [5.74, 6) is 0.195. The van der Waals surface area contributed by atoms with E-state index in [1.807, 2.05) is 6.92 Å². The Balaban J connectivity index is 1.96. The SMILES string of the molecule is CCCC(=O)NCC[C@H]1CCCN1. The maximum atomic E-state index is 11.1. The fourth-order valence-electron chi connectivity index (χ4n) is 1.70. The Morgan fingerprint density at radius 3 is 3.08 bits per heavy atom. The molecule has 76 valence electrons. The lowest BCUT2D eigenvalue weighted by atomic mass is 10.1. The minimum atomic E-state index is 0.195. The van der Waals surface area contributed by atoms with Crippen LogP contribution in [0.4, 0.5) is 0 Å². The average Bonchev–Trinajstić information content (AvgIpc) is 2.57. The quantitative estimate of drug-likeness (QED) is 0.670. The summed E-state index contributed by atoms with van der Waals surface area (Å²) in [5.41, 5.74) is 0. The van der Waals surface area contributed by atoms with Crippen LogP contribution in [-0.4, -0.2) is 25.0 Å². The van der Waals surface area contributed by atoms with E-state index in [9.17, 15) is 4.79 Å². The summed E-state index contributed by atoms with van der Waals surface area (Å²) in [6, 6.07) is 0.641. The monoisotopic (exact) mass is 184 g/mol. The van der Waals surface area contributed by atoms with Crippen LogP contribution in [0.1, 0.15) is 39.0 Å². The van der Waals surface area contributed by atoms with Gasteiger partial charge in [0.25, 0.3) is 0 Å². The van der Waals surface area contributed by atoms with Gasteiger partial charge in [-0.3, -0.25) is 4.79 Å². The number of hydrogen-bond donors (Lipinski definition) is 2. The Kier molecular flexibility index (Phi) is 4.83. The third kappa shape index (κ3) is 4.27. The maximum absolute atomic E-state index is 11.1.